The summed E-state index contributed by atoms with van der Waals surface area (Å²) in [5.41, 5.74) is 2.23. The Kier molecular flexibility index (Phi) is 8.47. The fourth-order valence-corrected chi connectivity index (χ4v) is 3.99. The fraction of sp³-hybridized carbons (Fsp3) is 0.364. The SMILES string of the molecule is CCNC(=O)[C@@H](C)N(Cc1ccc(C)cc1)C(=O)CN(c1ccc(Cl)cc1)S(C)(=O)=O. The summed E-state index contributed by atoms with van der Waals surface area (Å²) in [5, 5.41) is 3.17. The van der Waals surface area contributed by atoms with Gasteiger partial charge in [-0.3, -0.25) is 13.9 Å². The minimum atomic E-state index is -3.75. The van der Waals surface area contributed by atoms with Gasteiger partial charge in [0.05, 0.1) is 11.9 Å². The minimum Gasteiger partial charge on any atom is -0.355 e. The van der Waals surface area contributed by atoms with Gasteiger partial charge in [0, 0.05) is 18.1 Å². The number of nitrogens with zero attached hydrogens (tertiary/aromatic N) is 2. The van der Waals surface area contributed by atoms with Gasteiger partial charge < -0.3 is 10.2 Å². The summed E-state index contributed by atoms with van der Waals surface area (Å²) in [4.78, 5) is 27.1. The number of sulfonamides is 1. The number of benzene rings is 2. The first-order chi connectivity index (χ1) is 14.5. The number of hydrogen-bond donors (Lipinski definition) is 1. The molecule has 9 heteroatoms. The van der Waals surface area contributed by atoms with E-state index < -0.39 is 28.5 Å². The second-order valence-corrected chi connectivity index (χ2v) is 9.67. The van der Waals surface area contributed by atoms with Crippen molar-refractivity contribution in [3.63, 3.8) is 0 Å². The standard InChI is InChI=1S/C22H28ClN3O4S/c1-5-24-22(28)17(3)25(14-18-8-6-16(2)7-9-18)21(27)15-26(31(4,29)30)20-12-10-19(23)11-13-20/h6-13,17H,5,14-15H2,1-4H3,(H,24,28)/t17-/m1/s1. The molecule has 2 rings (SSSR count). The molecule has 168 valence electrons. The molecule has 2 amide bonds. The Bertz CT molecular complexity index is 1010. The molecule has 0 radical (unpaired) electrons. The van der Waals surface area contributed by atoms with Crippen LogP contribution in [0, 0.1) is 6.92 Å². The number of halogens is 1. The van der Waals surface area contributed by atoms with Crippen molar-refractivity contribution in [3.8, 4) is 0 Å². The van der Waals surface area contributed by atoms with Crippen LogP contribution in [0.5, 0.6) is 0 Å². The van der Waals surface area contributed by atoms with Gasteiger partial charge in [-0.15, -0.1) is 0 Å². The summed E-state index contributed by atoms with van der Waals surface area (Å²) in [5.74, 6) is -0.792. The Morgan fingerprint density at radius 3 is 2.16 bits per heavy atom. The average molecular weight is 466 g/mol. The third-order valence-electron chi connectivity index (χ3n) is 4.79. The van der Waals surface area contributed by atoms with Crippen molar-refractivity contribution in [2.75, 3.05) is 23.7 Å². The van der Waals surface area contributed by atoms with Crippen molar-refractivity contribution in [1.29, 1.82) is 0 Å². The summed E-state index contributed by atoms with van der Waals surface area (Å²) >= 11 is 5.91. The van der Waals surface area contributed by atoms with Crippen LogP contribution in [0.25, 0.3) is 0 Å². The Hall–Kier alpha value is -2.58. The predicted octanol–water partition coefficient (Wildman–Crippen LogP) is 2.97. The third kappa shape index (κ3) is 6.97. The summed E-state index contributed by atoms with van der Waals surface area (Å²) in [6.07, 6.45) is 1.03. The number of anilines is 1. The van der Waals surface area contributed by atoms with Crippen molar-refractivity contribution in [1.82, 2.24) is 10.2 Å². The molecular weight excluding hydrogens is 438 g/mol. The molecule has 0 aliphatic carbocycles. The number of aryl methyl sites for hydroxylation is 1. The highest BCUT2D eigenvalue weighted by atomic mass is 35.5. The third-order valence-corrected chi connectivity index (χ3v) is 6.18. The van der Waals surface area contributed by atoms with Gasteiger partial charge in [0.2, 0.25) is 21.8 Å². The van der Waals surface area contributed by atoms with Gasteiger partial charge in [0.15, 0.2) is 0 Å². The van der Waals surface area contributed by atoms with Gasteiger partial charge in [-0.2, -0.15) is 0 Å². The molecule has 31 heavy (non-hydrogen) atoms. The van der Waals surface area contributed by atoms with Crippen LogP contribution >= 0.6 is 11.6 Å². The molecule has 0 bridgehead atoms. The fourth-order valence-electron chi connectivity index (χ4n) is 3.02. The Morgan fingerprint density at radius 2 is 1.65 bits per heavy atom. The van der Waals surface area contributed by atoms with Crippen molar-refractivity contribution >= 4 is 39.1 Å². The van der Waals surface area contributed by atoms with Gasteiger partial charge in [0.1, 0.15) is 12.6 Å². The van der Waals surface area contributed by atoms with E-state index in [4.69, 9.17) is 11.6 Å². The van der Waals surface area contributed by atoms with E-state index in [0.717, 1.165) is 21.7 Å². The van der Waals surface area contributed by atoms with E-state index in [-0.39, 0.29) is 12.5 Å². The molecule has 1 atom stereocenters. The van der Waals surface area contributed by atoms with E-state index in [1.54, 1.807) is 26.0 Å². The zero-order chi connectivity index (χ0) is 23.2. The maximum atomic E-state index is 13.3. The van der Waals surface area contributed by atoms with Gasteiger partial charge >= 0.3 is 0 Å². The number of hydrogen-bond acceptors (Lipinski definition) is 4. The average Bonchev–Trinajstić information content (AvgIpc) is 2.71. The number of rotatable bonds is 9. The van der Waals surface area contributed by atoms with Gasteiger partial charge in [0.25, 0.3) is 0 Å². The van der Waals surface area contributed by atoms with E-state index in [1.165, 1.54) is 17.0 Å². The molecule has 7 nitrogen and oxygen atoms in total. The molecule has 0 saturated carbocycles. The minimum absolute atomic E-state index is 0.176. The smallest absolute Gasteiger partial charge is 0.244 e. The van der Waals surface area contributed by atoms with E-state index >= 15 is 0 Å². The highest BCUT2D eigenvalue weighted by molar-refractivity contribution is 7.92. The molecular formula is C22H28ClN3O4S. The second-order valence-electron chi connectivity index (χ2n) is 7.32. The Labute approximate surface area is 189 Å². The molecule has 1 N–H and O–H groups in total. The first-order valence-electron chi connectivity index (χ1n) is 9.89. The lowest BCUT2D eigenvalue weighted by molar-refractivity contribution is -0.139. The van der Waals surface area contributed by atoms with E-state index in [9.17, 15) is 18.0 Å². The zero-order valence-electron chi connectivity index (χ0n) is 18.1. The lowest BCUT2D eigenvalue weighted by Gasteiger charge is -2.31. The van der Waals surface area contributed by atoms with Crippen molar-refractivity contribution in [3.05, 3.63) is 64.7 Å². The highest BCUT2D eigenvalue weighted by Crippen LogP contribution is 2.21. The number of amides is 2. The largest absolute Gasteiger partial charge is 0.355 e. The molecule has 0 aromatic heterocycles. The quantitative estimate of drug-likeness (QED) is 0.616. The number of carbonyl (C=O) groups excluding carboxylic acids is 2. The monoisotopic (exact) mass is 465 g/mol. The van der Waals surface area contributed by atoms with Crippen LogP contribution < -0.4 is 9.62 Å². The van der Waals surface area contributed by atoms with Crippen LogP contribution in [0.1, 0.15) is 25.0 Å². The molecule has 0 aliphatic heterocycles. The molecule has 0 aliphatic rings. The maximum Gasteiger partial charge on any atom is 0.244 e. The van der Waals surface area contributed by atoms with Crippen molar-refractivity contribution < 1.29 is 18.0 Å². The Balaban J connectivity index is 2.35. The molecule has 0 spiro atoms. The van der Waals surface area contributed by atoms with Crippen molar-refractivity contribution in [2.24, 2.45) is 0 Å². The molecule has 2 aromatic carbocycles. The maximum absolute atomic E-state index is 13.3. The van der Waals surface area contributed by atoms with Gasteiger partial charge in [-0.1, -0.05) is 41.4 Å². The van der Waals surface area contributed by atoms with Crippen LogP contribution in [0.15, 0.2) is 48.5 Å². The highest BCUT2D eigenvalue weighted by Gasteiger charge is 2.29. The number of likely N-dealkylation sites (N-methyl/N-ethyl adjacent to an activating group) is 1. The number of carbonyl (C=O) groups is 2. The lowest BCUT2D eigenvalue weighted by Crippen LogP contribution is -2.51. The van der Waals surface area contributed by atoms with Crippen molar-refractivity contribution in [2.45, 2.75) is 33.4 Å². The molecule has 0 unspecified atom stereocenters. The van der Waals surface area contributed by atoms with Gasteiger partial charge in [-0.05, 0) is 50.6 Å². The predicted molar refractivity (Wildman–Crippen MR) is 124 cm³/mol. The van der Waals surface area contributed by atoms with Crippen LogP contribution in [0.3, 0.4) is 0 Å². The lowest BCUT2D eigenvalue weighted by atomic mass is 10.1. The number of nitrogens with one attached hydrogen (secondary N) is 1. The van der Waals surface area contributed by atoms with Crippen LogP contribution in [0.4, 0.5) is 5.69 Å². The van der Waals surface area contributed by atoms with Crippen LogP contribution in [0.2, 0.25) is 5.02 Å². The topological polar surface area (TPSA) is 86.8 Å². The van der Waals surface area contributed by atoms with E-state index in [1.807, 2.05) is 31.2 Å². The molecule has 2 aromatic rings. The van der Waals surface area contributed by atoms with E-state index in [0.29, 0.717) is 17.3 Å². The summed E-state index contributed by atoms with van der Waals surface area (Å²) in [6, 6.07) is 13.0. The normalized spacial score (nSPS) is 12.2. The van der Waals surface area contributed by atoms with Crippen LogP contribution in [-0.2, 0) is 26.2 Å². The molecule has 0 heterocycles. The second kappa shape index (κ2) is 10.6. The summed E-state index contributed by atoms with van der Waals surface area (Å²) in [7, 11) is -3.75. The zero-order valence-corrected chi connectivity index (χ0v) is 19.7. The van der Waals surface area contributed by atoms with Crippen LogP contribution in [-0.4, -0.2) is 50.5 Å². The van der Waals surface area contributed by atoms with Gasteiger partial charge in [-0.25, -0.2) is 8.42 Å². The van der Waals surface area contributed by atoms with E-state index in [2.05, 4.69) is 5.32 Å². The molecule has 0 fully saturated rings. The summed E-state index contributed by atoms with van der Waals surface area (Å²) < 4.78 is 25.9. The first kappa shape index (κ1) is 24.7. The Morgan fingerprint density at radius 1 is 1.06 bits per heavy atom. The molecule has 0 saturated heterocycles. The first-order valence-corrected chi connectivity index (χ1v) is 12.1. The summed E-state index contributed by atoms with van der Waals surface area (Å²) in [6.45, 7) is 5.55.